The zero-order valence-corrected chi connectivity index (χ0v) is 12.4. The van der Waals surface area contributed by atoms with Crippen LogP contribution in [0.4, 0.5) is 11.8 Å². The lowest BCUT2D eigenvalue weighted by Crippen LogP contribution is -2.06. The second kappa shape index (κ2) is 5.40. The van der Waals surface area contributed by atoms with Crippen LogP contribution in [0.25, 0.3) is 11.0 Å². The first-order chi connectivity index (χ1) is 10.2. The van der Waals surface area contributed by atoms with Gasteiger partial charge in [0.05, 0.1) is 11.6 Å². The molecule has 6 nitrogen and oxygen atoms in total. The lowest BCUT2D eigenvalue weighted by atomic mass is 10.1. The maximum Gasteiger partial charge on any atom is 0.226 e. The van der Waals surface area contributed by atoms with Crippen LogP contribution < -0.4 is 10.6 Å². The number of benzene rings is 1. The van der Waals surface area contributed by atoms with E-state index in [0.717, 1.165) is 16.9 Å². The molecule has 0 spiro atoms. The van der Waals surface area contributed by atoms with Crippen LogP contribution in [-0.2, 0) is 13.6 Å². The number of rotatable bonds is 4. The summed E-state index contributed by atoms with van der Waals surface area (Å²) in [5.74, 6) is 1.37. The Bertz CT molecular complexity index is 777. The summed E-state index contributed by atoms with van der Waals surface area (Å²) in [6.07, 6.45) is 1.79. The molecule has 21 heavy (non-hydrogen) atoms. The van der Waals surface area contributed by atoms with E-state index in [0.29, 0.717) is 12.5 Å². The predicted molar refractivity (Wildman–Crippen MR) is 84.4 cm³/mol. The van der Waals surface area contributed by atoms with Gasteiger partial charge in [-0.25, -0.2) is 0 Å². The average molecular weight is 282 g/mol. The zero-order valence-electron chi connectivity index (χ0n) is 12.4. The summed E-state index contributed by atoms with van der Waals surface area (Å²) < 4.78 is 1.75. The van der Waals surface area contributed by atoms with E-state index in [-0.39, 0.29) is 0 Å². The van der Waals surface area contributed by atoms with Crippen LogP contribution >= 0.6 is 0 Å². The van der Waals surface area contributed by atoms with E-state index in [1.165, 1.54) is 11.1 Å². The lowest BCUT2D eigenvalue weighted by Gasteiger charge is -2.09. The molecular formula is C15H18N6. The fraction of sp³-hybridized carbons (Fsp3) is 0.267. The highest BCUT2D eigenvalue weighted by molar-refractivity contribution is 5.87. The third kappa shape index (κ3) is 2.65. The van der Waals surface area contributed by atoms with Gasteiger partial charge in [-0.15, -0.1) is 0 Å². The third-order valence-electron chi connectivity index (χ3n) is 3.36. The molecule has 108 valence electrons. The van der Waals surface area contributed by atoms with Crippen molar-refractivity contribution < 1.29 is 0 Å². The standard InChI is InChI=1S/C15H18N6/c1-10-5-4-6-11(7-10)8-17-13-12-9-18-21(3)14(12)20-15(16-2)19-13/h4-7,9H,8H2,1-3H3,(H2,16,17,19,20). The second-order valence-electron chi connectivity index (χ2n) is 4.99. The molecular weight excluding hydrogens is 264 g/mol. The third-order valence-corrected chi connectivity index (χ3v) is 3.36. The molecule has 0 fully saturated rings. The van der Waals surface area contributed by atoms with Gasteiger partial charge < -0.3 is 10.6 Å². The summed E-state index contributed by atoms with van der Waals surface area (Å²) in [6.45, 7) is 2.80. The maximum absolute atomic E-state index is 4.48. The molecule has 0 atom stereocenters. The summed E-state index contributed by atoms with van der Waals surface area (Å²) in [7, 11) is 3.68. The lowest BCUT2D eigenvalue weighted by molar-refractivity contribution is 0.786. The highest BCUT2D eigenvalue weighted by Gasteiger charge is 2.10. The number of aromatic nitrogens is 4. The van der Waals surface area contributed by atoms with Gasteiger partial charge in [0.1, 0.15) is 5.82 Å². The van der Waals surface area contributed by atoms with Crippen LogP contribution in [0.1, 0.15) is 11.1 Å². The Kier molecular flexibility index (Phi) is 3.43. The first-order valence-electron chi connectivity index (χ1n) is 6.84. The Morgan fingerprint density at radius 2 is 2.10 bits per heavy atom. The Hall–Kier alpha value is -2.63. The largest absolute Gasteiger partial charge is 0.365 e. The molecule has 1 aromatic carbocycles. The molecule has 0 aliphatic rings. The fourth-order valence-electron chi connectivity index (χ4n) is 2.28. The molecule has 3 rings (SSSR count). The van der Waals surface area contributed by atoms with Crippen LogP contribution in [0.3, 0.4) is 0 Å². The van der Waals surface area contributed by atoms with Crippen molar-refractivity contribution in [2.75, 3.05) is 17.7 Å². The van der Waals surface area contributed by atoms with Crippen molar-refractivity contribution in [3.8, 4) is 0 Å². The van der Waals surface area contributed by atoms with Crippen LogP contribution in [-0.4, -0.2) is 26.8 Å². The molecule has 0 amide bonds. The van der Waals surface area contributed by atoms with Gasteiger partial charge in [-0.1, -0.05) is 29.8 Å². The second-order valence-corrected chi connectivity index (χ2v) is 4.99. The fourth-order valence-corrected chi connectivity index (χ4v) is 2.28. The Labute approximate surface area is 123 Å². The molecule has 2 aromatic heterocycles. The Morgan fingerprint density at radius 1 is 1.24 bits per heavy atom. The quantitative estimate of drug-likeness (QED) is 0.768. The molecule has 0 radical (unpaired) electrons. The molecule has 0 aliphatic heterocycles. The van der Waals surface area contributed by atoms with Gasteiger partial charge >= 0.3 is 0 Å². The van der Waals surface area contributed by atoms with Crippen molar-refractivity contribution in [1.82, 2.24) is 19.7 Å². The van der Waals surface area contributed by atoms with Gasteiger partial charge in [-0.05, 0) is 12.5 Å². The van der Waals surface area contributed by atoms with Crippen molar-refractivity contribution in [2.24, 2.45) is 7.05 Å². The van der Waals surface area contributed by atoms with Crippen LogP contribution in [0.2, 0.25) is 0 Å². The monoisotopic (exact) mass is 282 g/mol. The number of nitrogens with one attached hydrogen (secondary N) is 2. The normalized spacial score (nSPS) is 10.8. The SMILES string of the molecule is CNc1nc(NCc2cccc(C)c2)c2cnn(C)c2n1. The van der Waals surface area contributed by atoms with Gasteiger partial charge in [0.2, 0.25) is 5.95 Å². The summed E-state index contributed by atoms with van der Waals surface area (Å²) in [5.41, 5.74) is 3.28. The van der Waals surface area contributed by atoms with Crippen molar-refractivity contribution >= 4 is 22.8 Å². The number of fused-ring (bicyclic) bond motifs is 1. The van der Waals surface area contributed by atoms with Crippen molar-refractivity contribution in [1.29, 1.82) is 0 Å². The van der Waals surface area contributed by atoms with E-state index in [1.54, 1.807) is 10.9 Å². The number of nitrogens with zero attached hydrogens (tertiary/aromatic N) is 4. The highest BCUT2D eigenvalue weighted by atomic mass is 15.3. The van der Waals surface area contributed by atoms with Crippen molar-refractivity contribution in [3.05, 3.63) is 41.6 Å². The summed E-state index contributed by atoms with van der Waals surface area (Å²) in [6, 6.07) is 8.41. The summed E-state index contributed by atoms with van der Waals surface area (Å²) in [5, 5.41) is 11.5. The molecule has 0 bridgehead atoms. The highest BCUT2D eigenvalue weighted by Crippen LogP contribution is 2.21. The molecule has 0 saturated heterocycles. The van der Waals surface area contributed by atoms with Crippen LogP contribution in [0.5, 0.6) is 0 Å². The predicted octanol–water partition coefficient (Wildman–Crippen LogP) is 2.33. The van der Waals surface area contributed by atoms with Gasteiger partial charge in [0.25, 0.3) is 0 Å². The minimum Gasteiger partial charge on any atom is -0.365 e. The molecule has 2 N–H and O–H groups in total. The van der Waals surface area contributed by atoms with E-state index in [4.69, 9.17) is 0 Å². The first kappa shape index (κ1) is 13.4. The molecule has 2 heterocycles. The molecule has 3 aromatic rings. The number of aryl methyl sites for hydroxylation is 2. The van der Waals surface area contributed by atoms with Gasteiger partial charge in [0, 0.05) is 20.6 Å². The summed E-state index contributed by atoms with van der Waals surface area (Å²) >= 11 is 0. The van der Waals surface area contributed by atoms with Gasteiger partial charge in [-0.3, -0.25) is 4.68 Å². The zero-order chi connectivity index (χ0) is 14.8. The number of anilines is 2. The number of hydrogen-bond acceptors (Lipinski definition) is 5. The maximum atomic E-state index is 4.48. The van der Waals surface area contributed by atoms with E-state index in [1.807, 2.05) is 14.1 Å². The first-order valence-corrected chi connectivity index (χ1v) is 6.84. The average Bonchev–Trinajstić information content (AvgIpc) is 2.86. The minimum absolute atomic E-state index is 0.581. The smallest absolute Gasteiger partial charge is 0.226 e. The summed E-state index contributed by atoms with van der Waals surface area (Å²) in [4.78, 5) is 8.90. The van der Waals surface area contributed by atoms with Crippen molar-refractivity contribution in [3.63, 3.8) is 0 Å². The molecule has 0 aliphatic carbocycles. The molecule has 0 unspecified atom stereocenters. The minimum atomic E-state index is 0.581. The van der Waals surface area contributed by atoms with Crippen LogP contribution in [0.15, 0.2) is 30.5 Å². The van der Waals surface area contributed by atoms with Crippen molar-refractivity contribution in [2.45, 2.75) is 13.5 Å². The van der Waals surface area contributed by atoms with Gasteiger partial charge in [0.15, 0.2) is 5.65 Å². The Morgan fingerprint density at radius 3 is 2.86 bits per heavy atom. The molecule has 6 heteroatoms. The van der Waals surface area contributed by atoms with Gasteiger partial charge in [-0.2, -0.15) is 15.1 Å². The van der Waals surface area contributed by atoms with E-state index in [9.17, 15) is 0 Å². The Balaban J connectivity index is 1.92. The van der Waals surface area contributed by atoms with E-state index < -0.39 is 0 Å². The van der Waals surface area contributed by atoms with Crippen LogP contribution in [0, 0.1) is 6.92 Å². The molecule has 0 saturated carbocycles. The number of hydrogen-bond donors (Lipinski definition) is 2. The van der Waals surface area contributed by atoms with E-state index >= 15 is 0 Å². The topological polar surface area (TPSA) is 67.7 Å². The van der Waals surface area contributed by atoms with E-state index in [2.05, 4.69) is 56.9 Å².